The number of allylic oxidation sites excluding steroid dienone is 2. The minimum atomic E-state index is -3.91. The van der Waals surface area contributed by atoms with E-state index in [0.717, 1.165) is 26.4 Å². The summed E-state index contributed by atoms with van der Waals surface area (Å²) in [7, 11) is -2.83. The van der Waals surface area contributed by atoms with Crippen LogP contribution in [-0.2, 0) is 18.8 Å². The van der Waals surface area contributed by atoms with Gasteiger partial charge in [-0.05, 0) is 39.0 Å². The van der Waals surface area contributed by atoms with Gasteiger partial charge in [0.1, 0.15) is 0 Å². The lowest BCUT2D eigenvalue weighted by atomic mass is 10.0. The van der Waals surface area contributed by atoms with Crippen molar-refractivity contribution in [3.8, 4) is 0 Å². The zero-order valence-corrected chi connectivity index (χ0v) is 18.6. The van der Waals surface area contributed by atoms with Crippen LogP contribution in [0.2, 0.25) is 0 Å². The van der Waals surface area contributed by atoms with E-state index in [-0.39, 0.29) is 6.04 Å². The molecule has 0 heterocycles. The van der Waals surface area contributed by atoms with E-state index < -0.39 is 16.5 Å². The molecule has 0 aromatic carbocycles. The lowest BCUT2D eigenvalue weighted by molar-refractivity contribution is 0.156. The van der Waals surface area contributed by atoms with Gasteiger partial charge in [-0.3, -0.25) is 4.18 Å². The molecule has 0 radical (unpaired) electrons. The molecule has 2 unspecified atom stereocenters. The van der Waals surface area contributed by atoms with Gasteiger partial charge in [0.25, 0.3) is 0 Å². The monoisotopic (exact) mass is 405 g/mol. The zero-order chi connectivity index (χ0) is 20.4. The Labute approximate surface area is 168 Å². The Hall–Kier alpha value is -0.430. The molecule has 2 N–H and O–H groups in total. The highest BCUT2D eigenvalue weighted by molar-refractivity contribution is 7.81. The Morgan fingerprint density at radius 3 is 1.85 bits per heavy atom. The summed E-state index contributed by atoms with van der Waals surface area (Å²) in [6.45, 7) is 3.92. The van der Waals surface area contributed by atoms with Gasteiger partial charge in [-0.2, -0.15) is 8.42 Å². The minimum Gasteiger partial charge on any atom is -0.325 e. The largest absolute Gasteiger partial charge is 0.399 e. The molecule has 0 aliphatic heterocycles. The van der Waals surface area contributed by atoms with E-state index in [1.54, 1.807) is 6.92 Å². The Morgan fingerprint density at radius 2 is 1.33 bits per heavy atom. The van der Waals surface area contributed by atoms with Crippen molar-refractivity contribution < 1.29 is 16.8 Å². The van der Waals surface area contributed by atoms with Crippen molar-refractivity contribution in [2.75, 3.05) is 7.11 Å². The van der Waals surface area contributed by atoms with Crippen molar-refractivity contribution in [3.63, 3.8) is 0 Å². The summed E-state index contributed by atoms with van der Waals surface area (Å²) in [5, 5.41) is 0. The highest BCUT2D eigenvalue weighted by atomic mass is 32.3. The van der Waals surface area contributed by atoms with Crippen molar-refractivity contribution >= 4 is 10.4 Å². The minimum absolute atomic E-state index is 0.292. The van der Waals surface area contributed by atoms with Gasteiger partial charge >= 0.3 is 10.4 Å². The van der Waals surface area contributed by atoms with E-state index >= 15 is 0 Å². The third kappa shape index (κ3) is 17.4. The molecule has 6 heteroatoms. The van der Waals surface area contributed by atoms with Gasteiger partial charge in [-0.1, -0.05) is 76.9 Å². The second-order valence-electron chi connectivity index (χ2n) is 7.41. The first kappa shape index (κ1) is 26.6. The predicted molar refractivity (Wildman–Crippen MR) is 114 cm³/mol. The van der Waals surface area contributed by atoms with Crippen LogP contribution in [0.5, 0.6) is 0 Å². The van der Waals surface area contributed by atoms with Gasteiger partial charge in [-0.25, -0.2) is 4.18 Å². The summed E-state index contributed by atoms with van der Waals surface area (Å²) < 4.78 is 31.6. The average molecular weight is 406 g/mol. The number of nitrogens with two attached hydrogens (primary N) is 1. The van der Waals surface area contributed by atoms with Gasteiger partial charge in [-0.15, -0.1) is 0 Å². The quantitative estimate of drug-likeness (QED) is 0.222. The Bertz CT molecular complexity index is 451. The van der Waals surface area contributed by atoms with Crippen LogP contribution in [0.4, 0.5) is 0 Å². The molecule has 162 valence electrons. The number of hydrogen-bond donors (Lipinski definition) is 1. The van der Waals surface area contributed by atoms with E-state index in [2.05, 4.69) is 23.3 Å². The number of unbranched alkanes of at least 4 members (excludes halogenated alkanes) is 11. The normalized spacial score (nSPS) is 14.7. The Kier molecular flexibility index (Phi) is 17.4. The molecule has 27 heavy (non-hydrogen) atoms. The summed E-state index contributed by atoms with van der Waals surface area (Å²) in [5.74, 6) is 0. The molecule has 0 rings (SSSR count). The van der Waals surface area contributed by atoms with Crippen LogP contribution in [0, 0.1) is 0 Å². The van der Waals surface area contributed by atoms with Crippen LogP contribution in [0.25, 0.3) is 0 Å². The number of hydrogen-bond acceptors (Lipinski definition) is 5. The van der Waals surface area contributed by atoms with Crippen LogP contribution in [-0.4, -0.2) is 27.7 Å². The lowest BCUT2D eigenvalue weighted by Crippen LogP contribution is -2.36. The predicted octanol–water partition coefficient (Wildman–Crippen LogP) is 5.65. The molecular weight excluding hydrogens is 362 g/mol. The maximum absolute atomic E-state index is 11.2. The highest BCUT2D eigenvalue weighted by Gasteiger charge is 2.20. The fourth-order valence-electron chi connectivity index (χ4n) is 2.98. The summed E-state index contributed by atoms with van der Waals surface area (Å²) in [6.07, 6.45) is 21.2. The summed E-state index contributed by atoms with van der Waals surface area (Å²) in [5.41, 5.74) is 5.98. The fourth-order valence-corrected chi connectivity index (χ4v) is 3.58. The molecule has 0 fully saturated rings. The van der Waals surface area contributed by atoms with Crippen molar-refractivity contribution in [2.24, 2.45) is 5.73 Å². The van der Waals surface area contributed by atoms with E-state index in [1.807, 2.05) is 0 Å². The molecule has 0 aliphatic rings. The van der Waals surface area contributed by atoms with Crippen LogP contribution < -0.4 is 5.73 Å². The summed E-state index contributed by atoms with van der Waals surface area (Å²) in [4.78, 5) is 0. The molecule has 2 atom stereocenters. The molecule has 0 saturated carbocycles. The smallest absolute Gasteiger partial charge is 0.325 e. The molecule has 0 aliphatic carbocycles. The number of rotatable bonds is 19. The van der Waals surface area contributed by atoms with Crippen molar-refractivity contribution in [1.82, 2.24) is 0 Å². The van der Waals surface area contributed by atoms with Gasteiger partial charge in [0.05, 0.1) is 13.2 Å². The van der Waals surface area contributed by atoms with Gasteiger partial charge in [0.15, 0.2) is 0 Å². The second kappa shape index (κ2) is 17.7. The molecule has 0 aromatic heterocycles. The third-order valence-electron chi connectivity index (χ3n) is 4.88. The van der Waals surface area contributed by atoms with Crippen molar-refractivity contribution in [3.05, 3.63) is 12.2 Å². The second-order valence-corrected chi connectivity index (χ2v) is 8.76. The molecule has 5 nitrogen and oxygen atoms in total. The molecule has 0 spiro atoms. The molecule has 0 amide bonds. The van der Waals surface area contributed by atoms with Gasteiger partial charge in [0, 0.05) is 6.04 Å². The van der Waals surface area contributed by atoms with Crippen LogP contribution in [0.3, 0.4) is 0 Å². The van der Waals surface area contributed by atoms with E-state index in [1.165, 1.54) is 70.6 Å². The van der Waals surface area contributed by atoms with Crippen molar-refractivity contribution in [2.45, 2.75) is 116 Å². The van der Waals surface area contributed by atoms with E-state index in [9.17, 15) is 8.42 Å². The first-order valence-corrected chi connectivity index (χ1v) is 12.2. The van der Waals surface area contributed by atoms with E-state index in [4.69, 9.17) is 9.92 Å². The van der Waals surface area contributed by atoms with Crippen molar-refractivity contribution in [1.29, 1.82) is 0 Å². The highest BCUT2D eigenvalue weighted by Crippen LogP contribution is 2.13. The van der Waals surface area contributed by atoms with Gasteiger partial charge < -0.3 is 5.73 Å². The Morgan fingerprint density at radius 1 is 0.852 bits per heavy atom. The van der Waals surface area contributed by atoms with Gasteiger partial charge in [0.2, 0.25) is 0 Å². The standard InChI is InChI=1S/C21H43NO4S/c1-4-5-6-7-8-9-10-11-12-13-14-15-16-17-18-19-21(22)20(2)26-27(23,24)25-3/h11-12,20-21H,4-10,13-19,22H2,1-3H3/b12-11-. The molecule has 0 saturated heterocycles. The lowest BCUT2D eigenvalue weighted by Gasteiger charge is -2.19. The summed E-state index contributed by atoms with van der Waals surface area (Å²) in [6, 6.07) is -0.292. The Balaban J connectivity index is 3.45. The zero-order valence-electron chi connectivity index (χ0n) is 17.8. The first-order chi connectivity index (χ1) is 12.9. The third-order valence-corrected chi connectivity index (χ3v) is 5.82. The van der Waals surface area contributed by atoms with Crippen LogP contribution >= 0.6 is 0 Å². The SMILES string of the molecule is CCCCCCCC/C=C\CCCCCCCC(N)C(C)OS(=O)(=O)OC. The molecule has 0 bridgehead atoms. The molecular formula is C21H43NO4S. The van der Waals surface area contributed by atoms with E-state index in [0.29, 0.717) is 0 Å². The fraction of sp³-hybridized carbons (Fsp3) is 0.905. The maximum atomic E-state index is 11.2. The first-order valence-electron chi connectivity index (χ1n) is 10.8. The summed E-state index contributed by atoms with van der Waals surface area (Å²) >= 11 is 0. The van der Waals surface area contributed by atoms with Crippen LogP contribution in [0.15, 0.2) is 12.2 Å². The molecule has 0 aromatic rings. The topological polar surface area (TPSA) is 78.6 Å². The van der Waals surface area contributed by atoms with Crippen LogP contribution in [0.1, 0.15) is 104 Å². The average Bonchev–Trinajstić information content (AvgIpc) is 2.64. The maximum Gasteiger partial charge on any atom is 0.399 e.